The number of fused-ring (bicyclic) bond motifs is 1. The monoisotopic (exact) mass is 817 g/mol. The average Bonchev–Trinajstić information content (AvgIpc) is 3.84. The van der Waals surface area contributed by atoms with E-state index in [1.807, 2.05) is 41.2 Å². The molecule has 2 atom stereocenters. The van der Waals surface area contributed by atoms with Crippen molar-refractivity contribution in [2.24, 2.45) is 7.05 Å². The summed E-state index contributed by atoms with van der Waals surface area (Å²) >= 11 is 0. The highest BCUT2D eigenvalue weighted by atomic mass is 16.5. The molecule has 0 spiro atoms. The molecular weight excluding hydrogens is 767 g/mol. The Kier molecular flexibility index (Phi) is 13.8. The summed E-state index contributed by atoms with van der Waals surface area (Å²) in [4.78, 5) is 37.0. The number of aromatic hydroxyl groups is 1. The number of imidazole rings is 1. The number of para-hydroxylation sites is 1. The molecule has 1 aliphatic heterocycles. The number of ether oxygens (including phenoxy) is 3. The largest absolute Gasteiger partial charge is 0.507 e. The van der Waals surface area contributed by atoms with Crippen molar-refractivity contribution in [2.45, 2.75) is 51.2 Å². The van der Waals surface area contributed by atoms with Gasteiger partial charge in [0.1, 0.15) is 11.8 Å². The second kappa shape index (κ2) is 19.7. The van der Waals surface area contributed by atoms with Crippen LogP contribution in [0.3, 0.4) is 0 Å². The van der Waals surface area contributed by atoms with Crippen LogP contribution in [-0.2, 0) is 43.8 Å². The van der Waals surface area contributed by atoms with Crippen molar-refractivity contribution in [2.75, 3.05) is 51.9 Å². The van der Waals surface area contributed by atoms with E-state index in [0.717, 1.165) is 47.2 Å². The molecule has 6 aromatic rings. The maximum atomic E-state index is 13.0. The second-order valence-corrected chi connectivity index (χ2v) is 14.8. The molecule has 16 heteroatoms. The first-order chi connectivity index (χ1) is 29.2. The minimum atomic E-state index is -0.693. The number of carbonyl (C=O) groups is 2. The van der Waals surface area contributed by atoms with Crippen molar-refractivity contribution in [3.05, 3.63) is 112 Å². The number of rotatable bonds is 20. The lowest BCUT2D eigenvalue weighted by Crippen LogP contribution is -2.44. The number of nitrogens with one attached hydrogen (secondary N) is 2. The van der Waals surface area contributed by atoms with E-state index >= 15 is 0 Å². The number of nitrogens with zero attached hydrogens (tertiary/aromatic N) is 6. The van der Waals surface area contributed by atoms with Gasteiger partial charge in [-0.25, -0.2) is 4.79 Å². The zero-order chi connectivity index (χ0) is 42.0. The van der Waals surface area contributed by atoms with Crippen molar-refractivity contribution >= 4 is 28.7 Å². The molecule has 1 saturated heterocycles. The summed E-state index contributed by atoms with van der Waals surface area (Å²) in [5, 5.41) is 28.9. The van der Waals surface area contributed by atoms with Crippen molar-refractivity contribution in [1.29, 1.82) is 0 Å². The van der Waals surface area contributed by atoms with Gasteiger partial charge in [-0.05, 0) is 73.2 Å². The Morgan fingerprint density at radius 2 is 1.62 bits per heavy atom. The molecule has 4 heterocycles. The quantitative estimate of drug-likeness (QED) is 0.0630. The lowest BCUT2D eigenvalue weighted by molar-refractivity contribution is -0.135. The highest BCUT2D eigenvalue weighted by Gasteiger charge is 2.31. The maximum absolute atomic E-state index is 13.0. The summed E-state index contributed by atoms with van der Waals surface area (Å²) in [5.74, 6) is -0.336. The molecule has 7 rings (SSSR count). The zero-order valence-corrected chi connectivity index (χ0v) is 33.9. The predicted octanol–water partition coefficient (Wildman–Crippen LogP) is 4.31. The van der Waals surface area contributed by atoms with Crippen LogP contribution in [0.5, 0.6) is 5.75 Å². The van der Waals surface area contributed by atoms with Gasteiger partial charge in [0.25, 0.3) is 0 Å². The SMILES string of the molecule is CC(c1ccc(CNCCOCCOCCOCCCc2ccc3c(c2)n(C)c(=O)n3C2CCC(=O)NC2=O)cc1)n1cc(-c2cc(-c3ccccc3O)nnc2N)cn1. The predicted molar refractivity (Wildman–Crippen MR) is 226 cm³/mol. The van der Waals surface area contributed by atoms with Crippen LogP contribution < -0.4 is 22.1 Å². The smallest absolute Gasteiger partial charge is 0.329 e. The molecule has 16 nitrogen and oxygen atoms in total. The Morgan fingerprint density at radius 3 is 2.38 bits per heavy atom. The number of carbonyl (C=O) groups excluding carboxylic acids is 2. The number of hydrogen-bond acceptors (Lipinski definition) is 12. The standard InChI is InChI=1S/C44H51N9O7/c1-29(52-28-33(27-47-52)35-25-36(49-50-42(35)45)34-7-3-4-8-40(34)54)32-12-9-31(10-13-32)26-46-17-19-59-21-23-60-22-20-58-18-5-6-30-11-14-37-39(24-30)51(2)44(57)53(37)38-15-16-41(55)48-43(38)56/h3-4,7-14,24-25,27-29,38,46,54H,5-6,15-23,26H2,1-2H3,(H2,45,50)(H,48,55,56). The number of imide groups is 1. The van der Waals surface area contributed by atoms with E-state index in [4.69, 9.17) is 19.9 Å². The number of nitrogen functional groups attached to an aromatic ring is 1. The zero-order valence-electron chi connectivity index (χ0n) is 33.9. The lowest BCUT2D eigenvalue weighted by atomic mass is 10.1. The first-order valence-corrected chi connectivity index (χ1v) is 20.2. The number of aryl methyl sites for hydroxylation is 2. The van der Waals surface area contributed by atoms with Gasteiger partial charge < -0.3 is 30.4 Å². The number of nitrogens with two attached hydrogens (primary N) is 1. The topological polar surface area (TPSA) is 203 Å². The first kappa shape index (κ1) is 41.9. The number of phenols is 1. The minimum Gasteiger partial charge on any atom is -0.507 e. The number of piperidine rings is 1. The van der Waals surface area contributed by atoms with Crippen LogP contribution in [0.25, 0.3) is 33.4 Å². The second-order valence-electron chi connectivity index (χ2n) is 14.8. The molecule has 0 bridgehead atoms. The van der Waals surface area contributed by atoms with Crippen LogP contribution >= 0.6 is 0 Å². The molecule has 2 amide bonds. The van der Waals surface area contributed by atoms with Crippen molar-refractivity contribution < 1.29 is 28.9 Å². The number of benzene rings is 3. The van der Waals surface area contributed by atoms with E-state index in [-0.39, 0.29) is 35.6 Å². The van der Waals surface area contributed by atoms with Crippen molar-refractivity contribution in [3.8, 4) is 28.1 Å². The van der Waals surface area contributed by atoms with E-state index < -0.39 is 11.9 Å². The molecule has 1 aliphatic rings. The van der Waals surface area contributed by atoms with Crippen LogP contribution in [0.15, 0.2) is 90.0 Å². The summed E-state index contributed by atoms with van der Waals surface area (Å²) in [6.07, 6.45) is 5.81. The summed E-state index contributed by atoms with van der Waals surface area (Å²) in [7, 11) is 1.70. The highest BCUT2D eigenvalue weighted by molar-refractivity contribution is 6.00. The summed E-state index contributed by atoms with van der Waals surface area (Å²) in [6, 6.07) is 22.4. The van der Waals surface area contributed by atoms with E-state index in [1.54, 1.807) is 36.0 Å². The number of amides is 2. The first-order valence-electron chi connectivity index (χ1n) is 20.2. The Morgan fingerprint density at radius 1 is 0.883 bits per heavy atom. The third-order valence-corrected chi connectivity index (χ3v) is 10.7. The van der Waals surface area contributed by atoms with Gasteiger partial charge >= 0.3 is 5.69 Å². The molecule has 2 unspecified atom stereocenters. The van der Waals surface area contributed by atoms with E-state index in [2.05, 4.69) is 57.1 Å². The highest BCUT2D eigenvalue weighted by Crippen LogP contribution is 2.33. The van der Waals surface area contributed by atoms with Gasteiger partial charge in [0, 0.05) is 56.1 Å². The summed E-state index contributed by atoms with van der Waals surface area (Å²) < 4.78 is 22.0. The van der Waals surface area contributed by atoms with Gasteiger partial charge in [-0.15, -0.1) is 10.2 Å². The molecule has 3 aromatic heterocycles. The van der Waals surface area contributed by atoms with E-state index in [1.165, 1.54) is 4.57 Å². The normalized spacial score (nSPS) is 14.8. The van der Waals surface area contributed by atoms with Gasteiger partial charge in [0.05, 0.1) is 62.0 Å². The van der Waals surface area contributed by atoms with Crippen LogP contribution in [0.1, 0.15) is 55.0 Å². The van der Waals surface area contributed by atoms with E-state index in [9.17, 15) is 19.5 Å². The molecule has 5 N–H and O–H groups in total. The molecule has 0 radical (unpaired) electrons. The molecular formula is C44H51N9O7. The van der Waals surface area contributed by atoms with E-state index in [0.29, 0.717) is 74.9 Å². The van der Waals surface area contributed by atoms with Crippen molar-refractivity contribution in [3.63, 3.8) is 0 Å². The third kappa shape index (κ3) is 9.97. The summed E-state index contributed by atoms with van der Waals surface area (Å²) in [5.41, 5.74) is 13.3. The van der Waals surface area contributed by atoms with Gasteiger partial charge in [0.2, 0.25) is 11.8 Å². The van der Waals surface area contributed by atoms with Gasteiger partial charge in [-0.2, -0.15) is 5.10 Å². The number of hydrogen-bond donors (Lipinski definition) is 4. The Bertz CT molecular complexity index is 2480. The van der Waals surface area contributed by atoms with Gasteiger partial charge in [-0.3, -0.25) is 28.7 Å². The van der Waals surface area contributed by atoms with Crippen LogP contribution in [-0.4, -0.2) is 92.2 Å². The summed E-state index contributed by atoms with van der Waals surface area (Å²) in [6.45, 7) is 6.64. The Hall–Kier alpha value is -6.20. The van der Waals surface area contributed by atoms with Crippen LogP contribution in [0.2, 0.25) is 0 Å². The fraction of sp³-hybridized carbons (Fsp3) is 0.364. The molecule has 314 valence electrons. The molecule has 3 aromatic carbocycles. The van der Waals surface area contributed by atoms with Crippen molar-refractivity contribution in [1.82, 2.24) is 39.7 Å². The minimum absolute atomic E-state index is 0.0144. The lowest BCUT2D eigenvalue weighted by Gasteiger charge is -2.21. The van der Waals surface area contributed by atoms with Gasteiger partial charge in [0.15, 0.2) is 5.82 Å². The molecule has 0 aliphatic carbocycles. The fourth-order valence-electron chi connectivity index (χ4n) is 7.30. The fourth-order valence-corrected chi connectivity index (χ4v) is 7.30. The Balaban J connectivity index is 0.738. The molecule has 1 fully saturated rings. The van der Waals surface area contributed by atoms with Crippen LogP contribution in [0.4, 0.5) is 5.82 Å². The number of anilines is 1. The average molecular weight is 818 g/mol. The number of aromatic nitrogens is 6. The third-order valence-electron chi connectivity index (χ3n) is 10.7. The maximum Gasteiger partial charge on any atom is 0.329 e. The number of phenolic OH excluding ortho intramolecular Hbond substituents is 1. The molecule has 60 heavy (non-hydrogen) atoms. The van der Waals surface area contributed by atoms with Crippen LogP contribution in [0, 0.1) is 0 Å². The molecule has 0 saturated carbocycles. The van der Waals surface area contributed by atoms with Gasteiger partial charge in [-0.1, -0.05) is 42.5 Å². The Labute approximate surface area is 347 Å².